The number of fused-ring (bicyclic) bond motifs is 2. The van der Waals surface area contributed by atoms with Gasteiger partial charge in [-0.2, -0.15) is 0 Å². The predicted molar refractivity (Wildman–Crippen MR) is 106 cm³/mol. The summed E-state index contributed by atoms with van der Waals surface area (Å²) in [5.41, 5.74) is 3.08. The molecule has 6 heteroatoms. The third-order valence-electron chi connectivity index (χ3n) is 4.63. The molecule has 2 aromatic carbocycles. The lowest BCUT2D eigenvalue weighted by atomic mass is 10.1. The molecule has 1 aliphatic rings. The highest BCUT2D eigenvalue weighted by Crippen LogP contribution is 2.35. The molecule has 1 aromatic heterocycles. The molecular weight excluding hydrogens is 387 g/mol. The lowest BCUT2D eigenvalue weighted by Gasteiger charge is -2.06. The molecular formula is C21H14Cl2O4. The molecule has 0 amide bonds. The van der Waals surface area contributed by atoms with E-state index in [1.807, 2.05) is 12.1 Å². The molecule has 27 heavy (non-hydrogen) atoms. The van der Waals surface area contributed by atoms with Crippen LogP contribution in [0, 0.1) is 0 Å². The first-order valence-electron chi connectivity index (χ1n) is 8.32. The number of ether oxygens (including phenoxy) is 1. The van der Waals surface area contributed by atoms with Crippen LogP contribution in [0.15, 0.2) is 45.6 Å². The van der Waals surface area contributed by atoms with Crippen LogP contribution in [0.2, 0.25) is 10.0 Å². The van der Waals surface area contributed by atoms with Gasteiger partial charge in [-0.15, -0.1) is 0 Å². The fourth-order valence-corrected chi connectivity index (χ4v) is 3.59. The molecule has 0 radical (unpaired) electrons. The number of hydrogen-bond acceptors (Lipinski definition) is 4. The SMILES string of the molecule is COC(=O)c1ccc2oc3c(c(=O)c2c1)CCC3=Cc1ccc(Cl)c(Cl)c1. The minimum absolute atomic E-state index is 0.116. The number of benzene rings is 2. The quantitative estimate of drug-likeness (QED) is 0.542. The summed E-state index contributed by atoms with van der Waals surface area (Å²) in [6.45, 7) is 0. The van der Waals surface area contributed by atoms with Gasteiger partial charge in [0.1, 0.15) is 11.3 Å². The van der Waals surface area contributed by atoms with Crippen LogP contribution in [0.25, 0.3) is 22.6 Å². The van der Waals surface area contributed by atoms with Crippen molar-refractivity contribution in [1.29, 1.82) is 0 Å². The fraction of sp³-hybridized carbons (Fsp3) is 0.143. The normalized spacial score (nSPS) is 14.6. The van der Waals surface area contributed by atoms with Crippen molar-refractivity contribution in [2.75, 3.05) is 7.11 Å². The van der Waals surface area contributed by atoms with E-state index < -0.39 is 5.97 Å². The summed E-state index contributed by atoms with van der Waals surface area (Å²) in [7, 11) is 1.30. The smallest absolute Gasteiger partial charge is 0.337 e. The molecule has 0 spiro atoms. The van der Waals surface area contributed by atoms with Gasteiger partial charge in [0.2, 0.25) is 0 Å². The second-order valence-corrected chi connectivity index (χ2v) is 7.10. The Balaban J connectivity index is 1.84. The zero-order valence-corrected chi connectivity index (χ0v) is 15.9. The fourth-order valence-electron chi connectivity index (χ4n) is 3.28. The summed E-state index contributed by atoms with van der Waals surface area (Å²) in [5.74, 6) is 0.0985. The van der Waals surface area contributed by atoms with Crippen molar-refractivity contribution in [2.24, 2.45) is 0 Å². The number of allylic oxidation sites excluding steroid dienone is 1. The highest BCUT2D eigenvalue weighted by Gasteiger charge is 2.24. The number of esters is 1. The maximum Gasteiger partial charge on any atom is 0.337 e. The number of rotatable bonds is 2. The summed E-state index contributed by atoms with van der Waals surface area (Å²) in [4.78, 5) is 24.6. The third kappa shape index (κ3) is 3.15. The Bertz CT molecular complexity index is 1170. The summed E-state index contributed by atoms with van der Waals surface area (Å²) >= 11 is 12.0. The highest BCUT2D eigenvalue weighted by molar-refractivity contribution is 6.42. The van der Waals surface area contributed by atoms with Crippen LogP contribution in [0.4, 0.5) is 0 Å². The third-order valence-corrected chi connectivity index (χ3v) is 5.37. The molecule has 1 heterocycles. The van der Waals surface area contributed by atoms with Crippen LogP contribution in [0.5, 0.6) is 0 Å². The van der Waals surface area contributed by atoms with Crippen LogP contribution in [-0.4, -0.2) is 13.1 Å². The Labute approximate surface area is 165 Å². The van der Waals surface area contributed by atoms with E-state index in [2.05, 4.69) is 0 Å². The van der Waals surface area contributed by atoms with E-state index in [1.165, 1.54) is 13.2 Å². The number of carbonyl (C=O) groups is 1. The first-order chi connectivity index (χ1) is 13.0. The second-order valence-electron chi connectivity index (χ2n) is 6.28. The van der Waals surface area contributed by atoms with Crippen molar-refractivity contribution in [1.82, 2.24) is 0 Å². The van der Waals surface area contributed by atoms with E-state index in [4.69, 9.17) is 32.4 Å². The minimum atomic E-state index is -0.489. The average molecular weight is 401 g/mol. The molecule has 0 bridgehead atoms. The highest BCUT2D eigenvalue weighted by atomic mass is 35.5. The van der Waals surface area contributed by atoms with Crippen molar-refractivity contribution < 1.29 is 13.9 Å². The van der Waals surface area contributed by atoms with E-state index in [0.29, 0.717) is 50.7 Å². The number of hydrogen-bond donors (Lipinski definition) is 0. The van der Waals surface area contributed by atoms with E-state index in [-0.39, 0.29) is 5.43 Å². The van der Waals surface area contributed by atoms with Crippen LogP contribution in [-0.2, 0) is 11.2 Å². The lowest BCUT2D eigenvalue weighted by molar-refractivity contribution is 0.0601. The minimum Gasteiger partial charge on any atom is -0.465 e. The van der Waals surface area contributed by atoms with E-state index in [0.717, 1.165) is 11.1 Å². The molecule has 4 nitrogen and oxygen atoms in total. The van der Waals surface area contributed by atoms with Gasteiger partial charge in [-0.3, -0.25) is 4.79 Å². The van der Waals surface area contributed by atoms with Crippen molar-refractivity contribution in [3.8, 4) is 0 Å². The van der Waals surface area contributed by atoms with Gasteiger partial charge in [-0.05, 0) is 60.4 Å². The predicted octanol–water partition coefficient (Wildman–Crippen LogP) is 5.37. The van der Waals surface area contributed by atoms with Gasteiger partial charge in [-0.1, -0.05) is 29.3 Å². The summed E-state index contributed by atoms with van der Waals surface area (Å²) < 4.78 is 10.7. The molecule has 0 unspecified atom stereocenters. The Morgan fingerprint density at radius 3 is 2.67 bits per heavy atom. The first kappa shape index (κ1) is 17.8. The zero-order valence-electron chi connectivity index (χ0n) is 14.3. The van der Waals surface area contributed by atoms with Gasteiger partial charge < -0.3 is 9.15 Å². The Hall–Kier alpha value is -2.56. The molecule has 136 valence electrons. The van der Waals surface area contributed by atoms with Crippen molar-refractivity contribution >= 4 is 51.8 Å². The molecule has 0 saturated heterocycles. The van der Waals surface area contributed by atoms with Gasteiger partial charge in [0, 0.05) is 5.56 Å². The first-order valence-corrected chi connectivity index (χ1v) is 9.07. The molecule has 0 N–H and O–H groups in total. The van der Waals surface area contributed by atoms with Crippen LogP contribution in [0.3, 0.4) is 0 Å². The molecule has 4 rings (SSSR count). The van der Waals surface area contributed by atoms with E-state index >= 15 is 0 Å². The largest absolute Gasteiger partial charge is 0.465 e. The Kier molecular flexibility index (Phi) is 4.54. The molecule has 0 saturated carbocycles. The Morgan fingerprint density at radius 1 is 1.11 bits per heavy atom. The van der Waals surface area contributed by atoms with Crippen LogP contribution < -0.4 is 5.43 Å². The van der Waals surface area contributed by atoms with E-state index in [9.17, 15) is 9.59 Å². The summed E-state index contributed by atoms with van der Waals surface area (Å²) in [6, 6.07) is 10.1. The molecule has 0 aliphatic heterocycles. The molecule has 0 fully saturated rings. The van der Waals surface area contributed by atoms with E-state index in [1.54, 1.807) is 24.3 Å². The maximum atomic E-state index is 12.9. The van der Waals surface area contributed by atoms with Gasteiger partial charge in [-0.25, -0.2) is 4.79 Å². The summed E-state index contributed by atoms with van der Waals surface area (Å²) in [5, 5.41) is 1.34. The number of halogens is 2. The van der Waals surface area contributed by atoms with Crippen molar-refractivity contribution in [3.63, 3.8) is 0 Å². The Morgan fingerprint density at radius 2 is 1.93 bits per heavy atom. The van der Waals surface area contributed by atoms with Crippen LogP contribution >= 0.6 is 23.2 Å². The van der Waals surface area contributed by atoms with Gasteiger partial charge in [0.15, 0.2) is 5.43 Å². The summed E-state index contributed by atoms with van der Waals surface area (Å²) in [6.07, 6.45) is 3.23. The van der Waals surface area contributed by atoms with Crippen molar-refractivity contribution in [3.05, 3.63) is 79.1 Å². The number of carbonyl (C=O) groups excluding carboxylic acids is 1. The second kappa shape index (κ2) is 6.87. The molecule has 3 aromatic rings. The lowest BCUT2D eigenvalue weighted by Crippen LogP contribution is -2.10. The maximum absolute atomic E-state index is 12.9. The topological polar surface area (TPSA) is 56.5 Å². The van der Waals surface area contributed by atoms with Crippen molar-refractivity contribution in [2.45, 2.75) is 12.8 Å². The van der Waals surface area contributed by atoms with Gasteiger partial charge >= 0.3 is 5.97 Å². The molecule has 1 aliphatic carbocycles. The van der Waals surface area contributed by atoms with Gasteiger partial charge in [0.25, 0.3) is 0 Å². The average Bonchev–Trinajstić information content (AvgIpc) is 3.07. The van der Waals surface area contributed by atoms with Gasteiger partial charge in [0.05, 0.1) is 28.1 Å². The molecule has 0 atom stereocenters. The monoisotopic (exact) mass is 400 g/mol. The zero-order chi connectivity index (χ0) is 19.1. The standard InChI is InChI=1S/C21H14Cl2O4/c1-26-21(25)13-4-7-18-15(10-13)19(24)14-5-3-12(20(14)27-18)8-11-2-6-16(22)17(23)9-11/h2,4,6-10H,3,5H2,1H3. The number of methoxy groups -OCH3 is 1. The van der Waals surface area contributed by atoms with Crippen LogP contribution in [0.1, 0.15) is 33.7 Å².